The van der Waals surface area contributed by atoms with E-state index in [2.05, 4.69) is 0 Å². The smallest absolute Gasteiger partial charge is 0.220 e. The highest BCUT2D eigenvalue weighted by Crippen LogP contribution is 2.25. The van der Waals surface area contributed by atoms with E-state index in [-0.39, 0.29) is 0 Å². The Balaban J connectivity index is 3.03. The monoisotopic (exact) mass is 249 g/mol. The topological polar surface area (TPSA) is 83.6 Å². The van der Waals surface area contributed by atoms with Crippen LogP contribution in [-0.4, -0.2) is 22.2 Å². The number of carbonyl (C=O) groups excluding carboxylic acids is 1. The first-order chi connectivity index (χ1) is 7.82. The van der Waals surface area contributed by atoms with Gasteiger partial charge in [0.25, 0.3) is 0 Å². The Labute approximate surface area is 94.5 Å². The molecule has 0 aliphatic rings. The van der Waals surface area contributed by atoms with Crippen molar-refractivity contribution in [3.63, 3.8) is 0 Å². The molecule has 1 rings (SSSR count). The minimum Gasteiger partial charge on any atom is -0.390 e. The molecule has 4 N–H and O–H groups in total. The van der Waals surface area contributed by atoms with Gasteiger partial charge >= 0.3 is 0 Å². The molecule has 1 amide bonds. The number of carbonyl (C=O) groups is 1. The summed E-state index contributed by atoms with van der Waals surface area (Å²) < 4.78 is 39.0. The Hall–Kier alpha value is -1.60. The van der Waals surface area contributed by atoms with Crippen LogP contribution in [0.5, 0.6) is 0 Å². The molecule has 0 heterocycles. The third-order valence-corrected chi connectivity index (χ3v) is 2.11. The molecule has 0 bridgehead atoms. The lowest BCUT2D eigenvalue weighted by atomic mass is 10.0. The molecule has 0 aliphatic heterocycles. The number of hydrogen-bond donors (Lipinski definition) is 3. The van der Waals surface area contributed by atoms with E-state index in [1.807, 2.05) is 0 Å². The molecular weight excluding hydrogens is 239 g/mol. The first-order valence-corrected chi connectivity index (χ1v) is 4.61. The Morgan fingerprint density at radius 1 is 1.24 bits per heavy atom. The van der Waals surface area contributed by atoms with Crippen molar-refractivity contribution >= 4 is 5.91 Å². The summed E-state index contributed by atoms with van der Waals surface area (Å²) in [5, 5.41) is 18.7. The van der Waals surface area contributed by atoms with Crippen LogP contribution in [0.25, 0.3) is 0 Å². The fourth-order valence-electron chi connectivity index (χ4n) is 1.35. The predicted octanol–water partition coefficient (Wildman–Crippen LogP) is 0.374. The van der Waals surface area contributed by atoms with Crippen molar-refractivity contribution in [2.75, 3.05) is 0 Å². The zero-order valence-corrected chi connectivity index (χ0v) is 8.53. The van der Waals surface area contributed by atoms with Crippen LogP contribution in [0.1, 0.15) is 18.1 Å². The largest absolute Gasteiger partial charge is 0.390 e. The fourth-order valence-corrected chi connectivity index (χ4v) is 1.35. The summed E-state index contributed by atoms with van der Waals surface area (Å²) in [4.78, 5) is 10.5. The van der Waals surface area contributed by atoms with Crippen molar-refractivity contribution in [3.8, 4) is 0 Å². The van der Waals surface area contributed by atoms with Crippen LogP contribution in [0.4, 0.5) is 13.2 Å². The van der Waals surface area contributed by atoms with Crippen molar-refractivity contribution < 1.29 is 28.2 Å². The van der Waals surface area contributed by atoms with E-state index >= 15 is 0 Å². The molecule has 0 aliphatic carbocycles. The third-order valence-electron chi connectivity index (χ3n) is 2.11. The Bertz CT molecular complexity index is 416. The summed E-state index contributed by atoms with van der Waals surface area (Å²) in [5.41, 5.74) is 3.85. The number of benzene rings is 1. The summed E-state index contributed by atoms with van der Waals surface area (Å²) in [6, 6.07) is 0.719. The minimum absolute atomic E-state index is 0.360. The van der Waals surface area contributed by atoms with Crippen LogP contribution in [0, 0.1) is 17.5 Å². The number of rotatable bonds is 4. The van der Waals surface area contributed by atoms with E-state index in [1.165, 1.54) is 0 Å². The molecule has 17 heavy (non-hydrogen) atoms. The molecule has 0 aromatic heterocycles. The summed E-state index contributed by atoms with van der Waals surface area (Å²) in [7, 11) is 0. The lowest BCUT2D eigenvalue weighted by Gasteiger charge is -2.18. The number of halogens is 3. The lowest BCUT2D eigenvalue weighted by Crippen LogP contribution is -2.27. The van der Waals surface area contributed by atoms with Crippen molar-refractivity contribution in [3.05, 3.63) is 35.1 Å². The third kappa shape index (κ3) is 3.18. The van der Waals surface area contributed by atoms with Gasteiger partial charge < -0.3 is 15.9 Å². The standard InChI is InChI=1S/C10H10F3NO3/c11-4-1-5(12)9(6(13)2-4)10(17)7(15)3-8(14)16/h1-2,7,10,15,17H,3H2,(H2,14,16). The Morgan fingerprint density at radius 3 is 2.12 bits per heavy atom. The molecule has 2 atom stereocenters. The molecule has 0 spiro atoms. The number of amides is 1. The van der Waals surface area contributed by atoms with Crippen LogP contribution >= 0.6 is 0 Å². The molecule has 94 valence electrons. The second kappa shape index (κ2) is 5.15. The quantitative estimate of drug-likeness (QED) is 0.721. The second-order valence-corrected chi connectivity index (χ2v) is 3.47. The Morgan fingerprint density at radius 2 is 1.71 bits per heavy atom. The van der Waals surface area contributed by atoms with Gasteiger partial charge in [0, 0.05) is 12.1 Å². The van der Waals surface area contributed by atoms with Gasteiger partial charge in [-0.05, 0) is 0 Å². The molecule has 2 unspecified atom stereocenters. The average Bonchev–Trinajstić information content (AvgIpc) is 2.14. The highest BCUT2D eigenvalue weighted by atomic mass is 19.1. The van der Waals surface area contributed by atoms with E-state index in [9.17, 15) is 28.2 Å². The summed E-state index contributed by atoms with van der Waals surface area (Å²) >= 11 is 0. The molecule has 1 aromatic carbocycles. The number of aliphatic hydroxyl groups excluding tert-OH is 2. The number of primary amides is 1. The molecule has 7 heteroatoms. The maximum absolute atomic E-state index is 13.2. The molecule has 4 nitrogen and oxygen atoms in total. The average molecular weight is 249 g/mol. The molecular formula is C10H10F3NO3. The Kier molecular flexibility index (Phi) is 4.08. The van der Waals surface area contributed by atoms with Crippen LogP contribution in [0.15, 0.2) is 12.1 Å². The molecule has 0 fully saturated rings. The number of aliphatic hydroxyl groups is 2. The predicted molar refractivity (Wildman–Crippen MR) is 51.1 cm³/mol. The van der Waals surface area contributed by atoms with Crippen LogP contribution < -0.4 is 5.73 Å². The maximum atomic E-state index is 13.2. The van der Waals surface area contributed by atoms with Gasteiger partial charge in [0.05, 0.1) is 18.1 Å². The van der Waals surface area contributed by atoms with Crippen LogP contribution in [-0.2, 0) is 4.79 Å². The van der Waals surface area contributed by atoms with Crippen molar-refractivity contribution in [2.24, 2.45) is 5.73 Å². The SMILES string of the molecule is NC(=O)CC(O)C(O)c1c(F)cc(F)cc1F. The van der Waals surface area contributed by atoms with Crippen LogP contribution in [0.2, 0.25) is 0 Å². The summed E-state index contributed by atoms with van der Waals surface area (Å²) in [5.74, 6) is -4.79. The molecule has 0 radical (unpaired) electrons. The van der Waals surface area contributed by atoms with E-state index in [0.29, 0.717) is 12.1 Å². The van der Waals surface area contributed by atoms with E-state index < -0.39 is 47.6 Å². The first kappa shape index (κ1) is 13.5. The van der Waals surface area contributed by atoms with E-state index in [1.54, 1.807) is 0 Å². The van der Waals surface area contributed by atoms with Crippen molar-refractivity contribution in [2.45, 2.75) is 18.6 Å². The zero-order chi connectivity index (χ0) is 13.2. The molecule has 1 aromatic rings. The highest BCUT2D eigenvalue weighted by Gasteiger charge is 2.26. The second-order valence-electron chi connectivity index (χ2n) is 3.47. The van der Waals surface area contributed by atoms with Gasteiger partial charge in [-0.25, -0.2) is 13.2 Å². The summed E-state index contributed by atoms with van der Waals surface area (Å²) in [6.07, 6.45) is -4.43. The van der Waals surface area contributed by atoms with Gasteiger partial charge in [0.1, 0.15) is 23.6 Å². The van der Waals surface area contributed by atoms with Gasteiger partial charge in [-0.15, -0.1) is 0 Å². The highest BCUT2D eigenvalue weighted by molar-refractivity contribution is 5.74. The lowest BCUT2D eigenvalue weighted by molar-refractivity contribution is -0.121. The fraction of sp³-hybridized carbons (Fsp3) is 0.300. The zero-order valence-electron chi connectivity index (χ0n) is 8.53. The van der Waals surface area contributed by atoms with E-state index in [4.69, 9.17) is 5.73 Å². The van der Waals surface area contributed by atoms with Gasteiger partial charge in [-0.2, -0.15) is 0 Å². The first-order valence-electron chi connectivity index (χ1n) is 4.61. The number of hydrogen-bond acceptors (Lipinski definition) is 3. The molecule has 0 saturated carbocycles. The maximum Gasteiger partial charge on any atom is 0.220 e. The van der Waals surface area contributed by atoms with Gasteiger partial charge in [0.15, 0.2) is 0 Å². The van der Waals surface area contributed by atoms with Gasteiger partial charge in [-0.1, -0.05) is 0 Å². The van der Waals surface area contributed by atoms with Gasteiger partial charge in [-0.3, -0.25) is 4.79 Å². The van der Waals surface area contributed by atoms with Crippen molar-refractivity contribution in [1.82, 2.24) is 0 Å². The normalized spacial score (nSPS) is 14.4. The van der Waals surface area contributed by atoms with Gasteiger partial charge in [0.2, 0.25) is 5.91 Å². The van der Waals surface area contributed by atoms with Crippen molar-refractivity contribution in [1.29, 1.82) is 0 Å². The minimum atomic E-state index is -2.00. The number of nitrogens with two attached hydrogens (primary N) is 1. The van der Waals surface area contributed by atoms with E-state index in [0.717, 1.165) is 0 Å². The van der Waals surface area contributed by atoms with Crippen LogP contribution in [0.3, 0.4) is 0 Å². The summed E-state index contributed by atoms with van der Waals surface area (Å²) in [6.45, 7) is 0. The molecule has 0 saturated heterocycles.